The first-order chi connectivity index (χ1) is 14.1. The number of carbonyl (C=O) groups is 1. The molecule has 0 spiro atoms. The number of hydrogen-bond acceptors (Lipinski definition) is 9. The van der Waals surface area contributed by atoms with Gasteiger partial charge in [0.1, 0.15) is 17.2 Å². The number of carbonyl (C=O) groups excluding carboxylic acids is 1. The molecule has 0 aliphatic carbocycles. The van der Waals surface area contributed by atoms with E-state index in [1.165, 1.54) is 12.4 Å². The second kappa shape index (κ2) is 10.2. The van der Waals surface area contributed by atoms with Crippen LogP contribution in [0.3, 0.4) is 0 Å². The van der Waals surface area contributed by atoms with E-state index in [2.05, 4.69) is 24.7 Å². The van der Waals surface area contributed by atoms with Crippen LogP contribution in [0.2, 0.25) is 0 Å². The molecular formula is C18H22F3N7OS. The molecule has 2 rings (SSSR count). The Morgan fingerprint density at radius 2 is 2.07 bits per heavy atom. The largest absolute Gasteiger partial charge is 0.389 e. The summed E-state index contributed by atoms with van der Waals surface area (Å²) in [5, 5.41) is 0. The Kier molecular flexibility index (Phi) is 7.98. The van der Waals surface area contributed by atoms with Gasteiger partial charge in [-0.1, -0.05) is 11.9 Å². The van der Waals surface area contributed by atoms with Crippen LogP contribution < -0.4 is 15.4 Å². The Morgan fingerprint density at radius 3 is 2.63 bits per heavy atom. The third kappa shape index (κ3) is 6.87. The lowest BCUT2D eigenvalue weighted by Gasteiger charge is -2.23. The fraction of sp³-hybridized carbons (Fsp3) is 0.389. The predicted molar refractivity (Wildman–Crippen MR) is 113 cm³/mol. The van der Waals surface area contributed by atoms with Crippen molar-refractivity contribution in [1.82, 2.24) is 15.0 Å². The van der Waals surface area contributed by atoms with Gasteiger partial charge in [0.15, 0.2) is 12.1 Å². The smallest absolute Gasteiger partial charge is 0.368 e. The van der Waals surface area contributed by atoms with Gasteiger partial charge in [0.05, 0.1) is 12.6 Å². The maximum atomic E-state index is 12.2. The van der Waals surface area contributed by atoms with Crippen molar-refractivity contribution in [3.05, 3.63) is 30.1 Å². The number of hydrogen-bond donors (Lipinski definition) is 2. The summed E-state index contributed by atoms with van der Waals surface area (Å²) in [5.74, 6) is 0.790. The number of aromatic nitrogens is 3. The van der Waals surface area contributed by atoms with Crippen molar-refractivity contribution in [2.45, 2.75) is 32.5 Å². The number of aliphatic imine (C=N–C) groups is 1. The first-order valence-electron chi connectivity index (χ1n) is 8.91. The van der Waals surface area contributed by atoms with Crippen molar-refractivity contribution in [2.75, 3.05) is 28.2 Å². The summed E-state index contributed by atoms with van der Waals surface area (Å²) in [7, 11) is 1.82. The van der Waals surface area contributed by atoms with E-state index < -0.39 is 12.6 Å². The molecule has 2 aromatic heterocycles. The average Bonchev–Trinajstić information content (AvgIpc) is 2.69. The van der Waals surface area contributed by atoms with Gasteiger partial charge >= 0.3 is 6.18 Å². The van der Waals surface area contributed by atoms with Gasteiger partial charge in [-0.2, -0.15) is 18.2 Å². The maximum Gasteiger partial charge on any atom is 0.389 e. The number of rotatable bonds is 9. The van der Waals surface area contributed by atoms with Crippen LogP contribution in [0.15, 0.2) is 29.5 Å². The Hall–Kier alpha value is -2.89. The van der Waals surface area contributed by atoms with Gasteiger partial charge in [0, 0.05) is 30.6 Å². The molecule has 0 amide bonds. The Balaban J connectivity index is 2.18. The SMILES string of the molecule is CC(C)N(C)c1nc(N)ncc1N=C(C=O)c1ccc(NSCCC(F)(F)F)nc1. The van der Waals surface area contributed by atoms with Gasteiger partial charge in [-0.05, 0) is 26.0 Å². The lowest BCUT2D eigenvalue weighted by Crippen LogP contribution is -2.27. The number of pyridine rings is 1. The third-order valence-electron chi connectivity index (χ3n) is 3.95. The van der Waals surface area contributed by atoms with E-state index >= 15 is 0 Å². The molecule has 12 heteroatoms. The van der Waals surface area contributed by atoms with Crippen LogP contribution in [0.25, 0.3) is 0 Å². The number of anilines is 3. The molecule has 0 saturated carbocycles. The molecule has 3 N–H and O–H groups in total. The minimum atomic E-state index is -4.20. The van der Waals surface area contributed by atoms with Crippen molar-refractivity contribution >= 4 is 47.2 Å². The third-order valence-corrected chi connectivity index (χ3v) is 4.72. The van der Waals surface area contributed by atoms with E-state index in [1.54, 1.807) is 12.1 Å². The van der Waals surface area contributed by atoms with E-state index in [9.17, 15) is 18.0 Å². The lowest BCUT2D eigenvalue weighted by molar-refractivity contribution is -0.129. The molecule has 0 saturated heterocycles. The molecule has 0 aromatic carbocycles. The predicted octanol–water partition coefficient (Wildman–Crippen LogP) is 3.63. The van der Waals surface area contributed by atoms with Crippen molar-refractivity contribution in [1.29, 1.82) is 0 Å². The summed E-state index contributed by atoms with van der Waals surface area (Å²) < 4.78 is 39.2. The molecule has 0 atom stereocenters. The molecule has 0 radical (unpaired) electrons. The Labute approximate surface area is 176 Å². The van der Waals surface area contributed by atoms with Gasteiger partial charge in [-0.25, -0.2) is 15.0 Å². The number of alkyl halides is 3. The zero-order valence-electron chi connectivity index (χ0n) is 16.6. The Bertz CT molecular complexity index is 888. The number of nitrogen functional groups attached to an aromatic ring is 1. The standard InChI is InChI=1S/C18H22F3N7OS/c1-11(2)28(3)16-13(9-24-17(22)26-16)25-14(10-29)12-4-5-15(23-8-12)27-30-7-6-18(19,20)21/h4-5,8-11H,6-7H2,1-3H3,(H,23,27)(H2,22,24,26). The number of nitrogens with one attached hydrogen (secondary N) is 1. The summed E-state index contributed by atoms with van der Waals surface area (Å²) in [6.07, 6.45) is -1.68. The van der Waals surface area contributed by atoms with Crippen LogP contribution in [-0.4, -0.2) is 52.0 Å². The first kappa shape index (κ1) is 23.4. The normalized spacial score (nSPS) is 12.2. The monoisotopic (exact) mass is 441 g/mol. The van der Waals surface area contributed by atoms with Gasteiger partial charge in [-0.3, -0.25) is 4.79 Å². The van der Waals surface area contributed by atoms with Crippen LogP contribution in [0.4, 0.5) is 36.4 Å². The molecule has 2 heterocycles. The molecule has 0 aliphatic rings. The molecule has 0 aliphatic heterocycles. The molecular weight excluding hydrogens is 419 g/mol. The van der Waals surface area contributed by atoms with Gasteiger partial charge in [0.2, 0.25) is 5.95 Å². The maximum absolute atomic E-state index is 12.2. The van der Waals surface area contributed by atoms with Crippen LogP contribution in [0.5, 0.6) is 0 Å². The van der Waals surface area contributed by atoms with Crippen LogP contribution >= 0.6 is 11.9 Å². The number of halogens is 3. The van der Waals surface area contributed by atoms with Crippen LogP contribution in [-0.2, 0) is 4.79 Å². The summed E-state index contributed by atoms with van der Waals surface area (Å²) in [6.45, 7) is 3.93. The molecule has 2 aromatic rings. The first-order valence-corrected chi connectivity index (χ1v) is 9.89. The van der Waals surface area contributed by atoms with E-state index in [-0.39, 0.29) is 23.5 Å². The minimum absolute atomic E-state index is 0.0872. The second-order valence-electron chi connectivity index (χ2n) is 6.50. The summed E-state index contributed by atoms with van der Waals surface area (Å²) in [5.41, 5.74) is 6.59. The fourth-order valence-corrected chi connectivity index (χ4v) is 2.85. The highest BCUT2D eigenvalue weighted by Gasteiger charge is 2.26. The quantitative estimate of drug-likeness (QED) is 0.263. The number of aldehydes is 1. The van der Waals surface area contributed by atoms with E-state index in [0.29, 0.717) is 29.2 Å². The highest BCUT2D eigenvalue weighted by Crippen LogP contribution is 2.27. The summed E-state index contributed by atoms with van der Waals surface area (Å²) in [6, 6.07) is 3.25. The molecule has 162 valence electrons. The Morgan fingerprint density at radius 1 is 1.33 bits per heavy atom. The highest BCUT2D eigenvalue weighted by atomic mass is 32.2. The number of nitrogens with two attached hydrogens (primary N) is 1. The van der Waals surface area contributed by atoms with Crippen molar-refractivity contribution in [2.24, 2.45) is 4.99 Å². The van der Waals surface area contributed by atoms with E-state index in [4.69, 9.17) is 5.73 Å². The van der Waals surface area contributed by atoms with Gasteiger partial charge in [0.25, 0.3) is 0 Å². The highest BCUT2D eigenvalue weighted by molar-refractivity contribution is 8.00. The van der Waals surface area contributed by atoms with Crippen molar-refractivity contribution in [3.8, 4) is 0 Å². The van der Waals surface area contributed by atoms with E-state index in [0.717, 1.165) is 11.9 Å². The second-order valence-corrected chi connectivity index (χ2v) is 7.41. The molecule has 0 fully saturated rings. The molecule has 0 unspecified atom stereocenters. The van der Waals surface area contributed by atoms with Crippen LogP contribution in [0.1, 0.15) is 25.8 Å². The topological polar surface area (TPSA) is 109 Å². The van der Waals surface area contributed by atoms with Crippen molar-refractivity contribution < 1.29 is 18.0 Å². The summed E-state index contributed by atoms with van der Waals surface area (Å²) in [4.78, 5) is 30.1. The van der Waals surface area contributed by atoms with Crippen LogP contribution in [0, 0.1) is 0 Å². The zero-order chi connectivity index (χ0) is 22.3. The molecule has 30 heavy (non-hydrogen) atoms. The number of nitrogens with zero attached hydrogens (tertiary/aromatic N) is 5. The fourth-order valence-electron chi connectivity index (χ4n) is 2.15. The van der Waals surface area contributed by atoms with Crippen molar-refractivity contribution in [3.63, 3.8) is 0 Å². The van der Waals surface area contributed by atoms with E-state index in [1.807, 2.05) is 25.8 Å². The average molecular weight is 441 g/mol. The molecule has 8 nitrogen and oxygen atoms in total. The van der Waals surface area contributed by atoms with Gasteiger partial charge in [-0.15, -0.1) is 0 Å². The minimum Gasteiger partial charge on any atom is -0.368 e. The molecule has 0 bridgehead atoms. The zero-order valence-corrected chi connectivity index (χ0v) is 17.5. The summed E-state index contributed by atoms with van der Waals surface area (Å²) >= 11 is 0.899. The lowest BCUT2D eigenvalue weighted by atomic mass is 10.2. The van der Waals surface area contributed by atoms with Gasteiger partial charge < -0.3 is 15.4 Å².